The number of nitrogens with two attached hydrogens (primary N) is 1. The minimum Gasteiger partial charge on any atom is -0.870 e. The summed E-state index contributed by atoms with van der Waals surface area (Å²) in [5.74, 6) is -4.04. The summed E-state index contributed by atoms with van der Waals surface area (Å²) in [5.41, 5.74) is 7.45. The smallest absolute Gasteiger partial charge is 0.870 e. The summed E-state index contributed by atoms with van der Waals surface area (Å²) >= 11 is 9.14. The standard InChI is InChI=1S/C15H15BrFN5O5S.C15H18BrFN4O4S.C10H3BrFN5O5.C4H12N2O2S.Na.H2O/c1-18-28(24,25)7-3-2-4-12-13(20-27-19-12)14-21-26-15(23)22(14)9-5-6-11(17)10(16)8-9;1-18-26(23,24)7-3-2-4-13-15(21-25-20-13)14(19-22)9-10-5-6-12(17)11(16)8-10;11-5-3-4(1-2-6(5)12)16-8(14-21-10(16)18)7-9(17(19)20)15-22-13-7;1-6-9(7,8)4-2-3-5;;/h5-6,8,18H,2-4,7H2,1H3;5-6,8,18,22H,2-4,7,9H2,1H3;1-3H;6H,2-5H2,1H3;;1H2/q;;;;+1;/p-1/b;19-14+;;;;. The molecule has 468 valence electrons. The normalized spacial score (nSPS) is 11.5. The Labute approximate surface area is 537 Å². The van der Waals surface area contributed by atoms with Crippen molar-refractivity contribution in [1.82, 2.24) is 64.6 Å². The molecule has 0 amide bonds. The number of hydrogen-bond acceptors (Lipinski definition) is 27. The Balaban J connectivity index is 0.000000317. The van der Waals surface area contributed by atoms with Gasteiger partial charge in [0.2, 0.25) is 41.7 Å². The molecule has 0 spiro atoms. The Bertz CT molecular complexity index is 4070. The number of halogens is 6. The van der Waals surface area contributed by atoms with Gasteiger partial charge in [-0.2, -0.15) is 0 Å². The number of aromatic nitrogens is 10. The second-order valence-electron chi connectivity index (χ2n) is 16.8. The summed E-state index contributed by atoms with van der Waals surface area (Å²) < 4.78 is 139. The molecule has 0 radical (unpaired) electrons. The third-order valence-corrected chi connectivity index (χ3v) is 17.3. The molecule has 0 aliphatic heterocycles. The van der Waals surface area contributed by atoms with Gasteiger partial charge in [-0.1, -0.05) is 31.8 Å². The Morgan fingerprint density at radius 2 is 1.06 bits per heavy atom. The molecular formula is C44H49Br3F3N16NaO17S3. The van der Waals surface area contributed by atoms with Crippen LogP contribution in [0.3, 0.4) is 0 Å². The number of nitrogens with one attached hydrogen (secondary N) is 3. The van der Waals surface area contributed by atoms with E-state index in [4.69, 9.17) is 19.5 Å². The van der Waals surface area contributed by atoms with Crippen molar-refractivity contribution in [3.63, 3.8) is 0 Å². The third kappa shape index (κ3) is 21.8. The molecule has 7 N–H and O–H groups in total. The van der Waals surface area contributed by atoms with E-state index in [1.165, 1.54) is 57.5 Å². The van der Waals surface area contributed by atoms with Gasteiger partial charge in [0.1, 0.15) is 34.6 Å². The van der Waals surface area contributed by atoms with Crippen LogP contribution in [0.5, 0.6) is 0 Å². The van der Waals surface area contributed by atoms with Gasteiger partial charge in [-0.25, -0.2) is 80.6 Å². The molecule has 0 aliphatic carbocycles. The van der Waals surface area contributed by atoms with Crippen LogP contribution in [0.1, 0.15) is 54.7 Å². The van der Waals surface area contributed by atoms with Gasteiger partial charge in [-0.3, -0.25) is 9.05 Å². The Morgan fingerprint density at radius 1 is 0.632 bits per heavy atom. The van der Waals surface area contributed by atoms with Gasteiger partial charge in [-0.05, 0) is 195 Å². The van der Waals surface area contributed by atoms with Crippen LogP contribution < -0.4 is 61.0 Å². The van der Waals surface area contributed by atoms with E-state index in [2.05, 4.69) is 118 Å². The zero-order valence-corrected chi connectivity index (χ0v) is 54.8. The minimum absolute atomic E-state index is 0. The molecule has 0 atom stereocenters. The number of hydrogen-bond donors (Lipinski definition) is 5. The summed E-state index contributed by atoms with van der Waals surface area (Å²) in [6, 6.07) is 12.1. The van der Waals surface area contributed by atoms with Gasteiger partial charge in [0.25, 0.3) is 5.69 Å². The van der Waals surface area contributed by atoms with Crippen molar-refractivity contribution in [3.8, 4) is 34.4 Å². The Hall–Kier alpha value is -6.29. The van der Waals surface area contributed by atoms with Crippen molar-refractivity contribution >= 4 is 89.4 Å². The minimum atomic E-state index is -3.29. The second kappa shape index (κ2) is 35.0. The molecule has 5 heterocycles. The molecule has 0 fully saturated rings. The average molecular weight is 1490 g/mol. The molecule has 5 aromatic heterocycles. The van der Waals surface area contributed by atoms with E-state index < -0.39 is 75.5 Å². The van der Waals surface area contributed by atoms with E-state index in [1.807, 2.05) is 0 Å². The van der Waals surface area contributed by atoms with E-state index in [0.29, 0.717) is 84.3 Å². The largest absolute Gasteiger partial charge is 1.00 e. The molecular weight excluding hydrogens is 1440 g/mol. The van der Waals surface area contributed by atoms with Gasteiger partial charge >= 0.3 is 46.9 Å². The number of sulfonamides is 3. The summed E-state index contributed by atoms with van der Waals surface area (Å²) in [4.78, 5) is 33.9. The van der Waals surface area contributed by atoms with Crippen molar-refractivity contribution in [2.75, 3.05) is 44.9 Å². The van der Waals surface area contributed by atoms with Crippen LogP contribution in [0.4, 0.5) is 19.0 Å². The Morgan fingerprint density at radius 3 is 1.52 bits per heavy atom. The molecule has 8 aromatic rings. The maximum Gasteiger partial charge on any atom is 1.00 e. The first kappa shape index (κ1) is 75.0. The molecule has 8 rings (SSSR count). The van der Waals surface area contributed by atoms with E-state index in [0.717, 1.165) is 15.2 Å². The van der Waals surface area contributed by atoms with Crippen molar-refractivity contribution in [1.29, 1.82) is 0 Å². The number of unbranched alkanes of at least 4 members (excludes halogenated alkanes) is 2. The molecule has 87 heavy (non-hydrogen) atoms. The van der Waals surface area contributed by atoms with Gasteiger partial charge in [-0.15, -0.1) is 4.63 Å². The number of nitro groups is 1. The van der Waals surface area contributed by atoms with E-state index in [9.17, 15) is 63.3 Å². The molecule has 0 aliphatic rings. The van der Waals surface area contributed by atoms with Crippen molar-refractivity contribution < 1.29 is 107 Å². The summed E-state index contributed by atoms with van der Waals surface area (Å²) in [7, 11) is -5.43. The molecule has 43 heteroatoms. The van der Waals surface area contributed by atoms with Gasteiger partial charge < -0.3 is 26.5 Å². The van der Waals surface area contributed by atoms with Gasteiger partial charge in [0.15, 0.2) is 16.5 Å². The van der Waals surface area contributed by atoms with Crippen LogP contribution in [0.25, 0.3) is 34.4 Å². The fourth-order valence-electron chi connectivity index (χ4n) is 6.84. The van der Waals surface area contributed by atoms with Crippen LogP contribution >= 0.6 is 47.8 Å². The van der Waals surface area contributed by atoms with Crippen molar-refractivity contribution in [2.24, 2.45) is 10.9 Å². The van der Waals surface area contributed by atoms with Crippen LogP contribution in [0.15, 0.2) is 106 Å². The van der Waals surface area contributed by atoms with Crippen LogP contribution in [-0.2, 0) is 49.3 Å². The predicted molar refractivity (Wildman–Crippen MR) is 303 cm³/mol. The molecule has 0 saturated heterocycles. The quantitative estimate of drug-likeness (QED) is 0.0142. The monoisotopic (exact) mass is 1490 g/mol. The molecule has 3 aromatic carbocycles. The molecule has 0 saturated carbocycles. The molecule has 0 unspecified atom stereocenters. The maximum atomic E-state index is 13.5. The third-order valence-electron chi connectivity index (χ3n) is 11.2. The molecule has 0 bridgehead atoms. The summed E-state index contributed by atoms with van der Waals surface area (Å²) in [6.45, 7) is 0.418. The number of nitrogens with zero attached hydrogens (tertiary/aromatic N) is 12. The zero-order valence-electron chi connectivity index (χ0n) is 45.6. The maximum absolute atomic E-state index is 13.5. The van der Waals surface area contributed by atoms with E-state index in [-0.39, 0.29) is 96.4 Å². The van der Waals surface area contributed by atoms with E-state index in [1.54, 1.807) is 12.1 Å². The SMILES string of the molecule is CNS(=O)(=O)CCCCc1nonc1-c1noc(=O)n1-c1ccc(F)c(Br)c1.CNS(=O)(=O)CCCCc1nonc1/C(Cc1ccc(F)c(Br)c1)=N/O.CNS(=O)(=O)CCCN.O=c1onc(-c2nonc2[N+](=O)[O-])n1-c1ccc(F)c(Br)c1.[Na+].[OH-]. The first-order valence-electron chi connectivity index (χ1n) is 24.1. The Kier molecular flexibility index (Phi) is 30.2. The van der Waals surface area contributed by atoms with Crippen LogP contribution in [0.2, 0.25) is 0 Å². The zero-order chi connectivity index (χ0) is 62.6. The van der Waals surface area contributed by atoms with E-state index >= 15 is 0 Å². The topological polar surface area (TPSA) is 483 Å². The van der Waals surface area contributed by atoms with Crippen molar-refractivity contribution in [3.05, 3.63) is 139 Å². The predicted octanol–water partition coefficient (Wildman–Crippen LogP) is 1.31. The first-order chi connectivity index (χ1) is 40.3. The second-order valence-corrected chi connectivity index (χ2v) is 25.5. The fraction of sp³-hybridized carbons (Fsp3) is 0.341. The van der Waals surface area contributed by atoms with Crippen molar-refractivity contribution in [2.45, 2.75) is 51.4 Å². The van der Waals surface area contributed by atoms with Crippen LogP contribution in [0, 0.1) is 27.6 Å². The average Bonchev–Trinajstić information content (AvgIpc) is 1.87. The first-order valence-corrected chi connectivity index (χ1v) is 31.4. The van der Waals surface area contributed by atoms with Gasteiger partial charge in [0, 0.05) is 6.42 Å². The number of rotatable bonds is 24. The van der Waals surface area contributed by atoms with Crippen LogP contribution in [-0.4, -0.2) is 142 Å². The number of oxime groups is 1. The van der Waals surface area contributed by atoms with Gasteiger partial charge in [0.05, 0.1) is 42.1 Å². The molecule has 33 nitrogen and oxygen atoms in total. The number of aryl methyl sites for hydroxylation is 2. The summed E-state index contributed by atoms with van der Waals surface area (Å²) in [6.07, 6.45) is 3.36. The summed E-state index contributed by atoms with van der Waals surface area (Å²) in [5, 5.41) is 52.2. The number of benzene rings is 3. The fourth-order valence-corrected chi connectivity index (χ4v) is 10.3.